The van der Waals surface area contributed by atoms with Gasteiger partial charge in [-0.25, -0.2) is 0 Å². The minimum Gasteiger partial charge on any atom is -0.351 e. The molecule has 3 amide bonds. The van der Waals surface area contributed by atoms with E-state index >= 15 is 0 Å². The Balaban J connectivity index is 1.27. The lowest BCUT2D eigenvalue weighted by Gasteiger charge is -2.62. The fraction of sp³-hybridized carbons (Fsp3) is 0.667. The van der Waals surface area contributed by atoms with Gasteiger partial charge < -0.3 is 15.1 Å². The Morgan fingerprint density at radius 3 is 2.06 bits per heavy atom. The van der Waals surface area contributed by atoms with Crippen LogP contribution in [0.25, 0.3) is 0 Å². The van der Waals surface area contributed by atoms with Gasteiger partial charge in [0.2, 0.25) is 17.7 Å². The Labute approximate surface area is 197 Å². The predicted molar refractivity (Wildman–Crippen MR) is 126 cm³/mol. The van der Waals surface area contributed by atoms with Gasteiger partial charge in [0, 0.05) is 38.6 Å². The molecule has 0 radical (unpaired) electrons. The average molecular weight is 452 g/mol. The monoisotopic (exact) mass is 451 g/mol. The highest BCUT2D eigenvalue weighted by Crippen LogP contribution is 2.62. The fourth-order valence-corrected chi connectivity index (χ4v) is 7.85. The summed E-state index contributed by atoms with van der Waals surface area (Å²) in [5.74, 6) is 1.49. The van der Waals surface area contributed by atoms with Crippen LogP contribution in [-0.4, -0.2) is 59.2 Å². The molecule has 4 saturated carbocycles. The molecule has 1 heterocycles. The van der Waals surface area contributed by atoms with Crippen LogP contribution in [0, 0.1) is 17.3 Å². The van der Waals surface area contributed by atoms with Crippen LogP contribution in [0.15, 0.2) is 30.3 Å². The highest BCUT2D eigenvalue weighted by atomic mass is 16.2. The van der Waals surface area contributed by atoms with E-state index in [4.69, 9.17) is 0 Å². The van der Waals surface area contributed by atoms with Gasteiger partial charge >= 0.3 is 0 Å². The summed E-state index contributed by atoms with van der Waals surface area (Å²) < 4.78 is 0. The van der Waals surface area contributed by atoms with Gasteiger partial charge in [0.15, 0.2) is 0 Å². The zero-order valence-corrected chi connectivity index (χ0v) is 20.2. The van der Waals surface area contributed by atoms with Crippen molar-refractivity contribution in [3.63, 3.8) is 0 Å². The minimum absolute atomic E-state index is 0.0210. The van der Waals surface area contributed by atoms with Crippen LogP contribution >= 0.6 is 0 Å². The molecule has 6 nitrogen and oxygen atoms in total. The van der Waals surface area contributed by atoms with Crippen LogP contribution in [0.3, 0.4) is 0 Å². The molecule has 6 heteroatoms. The zero-order chi connectivity index (χ0) is 23.4. The van der Waals surface area contributed by atoms with Gasteiger partial charge in [0.25, 0.3) is 0 Å². The molecule has 0 aromatic heterocycles. The van der Waals surface area contributed by atoms with Gasteiger partial charge in [-0.3, -0.25) is 14.4 Å². The highest BCUT2D eigenvalue weighted by Gasteiger charge is 2.61. The SMILES string of the molecule is CC(=O)NC12CC3CC(C1)CC(C(=O)N1CCN(C(=O)C(C)(C)c4ccccc4)CC1)(C3)C2. The molecule has 1 aromatic carbocycles. The summed E-state index contributed by atoms with van der Waals surface area (Å²) in [7, 11) is 0. The molecule has 1 aromatic rings. The van der Waals surface area contributed by atoms with Crippen LogP contribution in [0.4, 0.5) is 0 Å². The first-order chi connectivity index (χ1) is 15.6. The topological polar surface area (TPSA) is 69.7 Å². The van der Waals surface area contributed by atoms with Gasteiger partial charge in [0.1, 0.15) is 0 Å². The van der Waals surface area contributed by atoms with Crippen molar-refractivity contribution in [2.45, 2.75) is 70.3 Å². The van der Waals surface area contributed by atoms with Crippen molar-refractivity contribution in [1.82, 2.24) is 15.1 Å². The van der Waals surface area contributed by atoms with Crippen molar-refractivity contribution in [2.75, 3.05) is 26.2 Å². The molecule has 2 unspecified atom stereocenters. The molecule has 178 valence electrons. The number of nitrogens with one attached hydrogen (secondary N) is 1. The van der Waals surface area contributed by atoms with Crippen molar-refractivity contribution in [2.24, 2.45) is 17.3 Å². The van der Waals surface area contributed by atoms with Crippen LogP contribution in [0.1, 0.15) is 64.9 Å². The standard InChI is InChI=1S/C27H37N3O3/c1-19(31)28-27-16-20-13-21(17-27)15-26(14-20,18-27)24(33)30-11-9-29(10-12-30)23(32)25(2,3)22-7-5-4-6-8-22/h4-8,20-21H,9-18H2,1-3H3,(H,28,31). The molecule has 1 N–H and O–H groups in total. The summed E-state index contributed by atoms with van der Waals surface area (Å²) in [6, 6.07) is 9.93. The minimum atomic E-state index is -0.585. The molecule has 33 heavy (non-hydrogen) atoms. The summed E-state index contributed by atoms with van der Waals surface area (Å²) >= 11 is 0. The van der Waals surface area contributed by atoms with Gasteiger partial charge in [-0.2, -0.15) is 0 Å². The number of nitrogens with zero attached hydrogens (tertiary/aromatic N) is 2. The summed E-state index contributed by atoms with van der Waals surface area (Å²) in [4.78, 5) is 43.1. The van der Waals surface area contributed by atoms with Crippen molar-refractivity contribution >= 4 is 17.7 Å². The molecule has 5 fully saturated rings. The van der Waals surface area contributed by atoms with E-state index in [0.29, 0.717) is 38.0 Å². The summed E-state index contributed by atoms with van der Waals surface area (Å²) in [5.41, 5.74) is -0.0891. The molecule has 0 spiro atoms. The van der Waals surface area contributed by atoms with Crippen molar-refractivity contribution < 1.29 is 14.4 Å². The third kappa shape index (κ3) is 3.85. The number of carbonyl (C=O) groups is 3. The Kier molecular flexibility index (Phi) is 5.33. The molecular formula is C27H37N3O3. The van der Waals surface area contributed by atoms with Gasteiger partial charge in [-0.15, -0.1) is 0 Å². The quantitative estimate of drug-likeness (QED) is 0.765. The third-order valence-electron chi connectivity index (χ3n) is 8.84. The largest absolute Gasteiger partial charge is 0.351 e. The number of hydrogen-bond donors (Lipinski definition) is 1. The molecule has 2 atom stereocenters. The molecule has 4 bridgehead atoms. The molecule has 5 aliphatic rings. The Hall–Kier alpha value is -2.37. The van der Waals surface area contributed by atoms with E-state index in [1.54, 1.807) is 6.92 Å². The lowest BCUT2D eigenvalue weighted by atomic mass is 9.46. The molecule has 4 aliphatic carbocycles. The van der Waals surface area contributed by atoms with Crippen LogP contribution < -0.4 is 5.32 Å². The number of hydrogen-bond acceptors (Lipinski definition) is 3. The molecular weight excluding hydrogens is 414 g/mol. The summed E-state index contributed by atoms with van der Waals surface area (Å²) in [5, 5.41) is 3.26. The zero-order valence-electron chi connectivity index (χ0n) is 20.2. The van der Waals surface area contributed by atoms with Crippen molar-refractivity contribution in [3.8, 4) is 0 Å². The summed E-state index contributed by atoms with van der Waals surface area (Å²) in [6.45, 7) is 7.93. The maximum absolute atomic E-state index is 13.9. The second-order valence-corrected chi connectivity index (χ2v) is 11.8. The highest BCUT2D eigenvalue weighted by molar-refractivity contribution is 5.88. The lowest BCUT2D eigenvalue weighted by molar-refractivity contribution is -0.165. The number of amides is 3. The second-order valence-electron chi connectivity index (χ2n) is 11.8. The number of benzene rings is 1. The van der Waals surface area contributed by atoms with Crippen LogP contribution in [0.5, 0.6) is 0 Å². The number of carbonyl (C=O) groups excluding carboxylic acids is 3. The van der Waals surface area contributed by atoms with Crippen molar-refractivity contribution in [3.05, 3.63) is 35.9 Å². The molecule has 1 saturated heterocycles. The lowest BCUT2D eigenvalue weighted by Crippen LogP contribution is -2.67. The third-order valence-corrected chi connectivity index (χ3v) is 8.84. The van der Waals surface area contributed by atoms with E-state index in [1.165, 1.54) is 6.42 Å². The first-order valence-electron chi connectivity index (χ1n) is 12.6. The summed E-state index contributed by atoms with van der Waals surface area (Å²) in [6.07, 6.45) is 5.95. The van der Waals surface area contributed by atoms with E-state index < -0.39 is 5.41 Å². The number of rotatable bonds is 4. The first-order valence-corrected chi connectivity index (χ1v) is 12.6. The smallest absolute Gasteiger partial charge is 0.232 e. The maximum atomic E-state index is 13.9. The van der Waals surface area contributed by atoms with Crippen LogP contribution in [-0.2, 0) is 19.8 Å². The predicted octanol–water partition coefficient (Wildman–Crippen LogP) is 3.11. The Morgan fingerprint density at radius 2 is 1.48 bits per heavy atom. The molecule has 6 rings (SSSR count). The fourth-order valence-electron chi connectivity index (χ4n) is 7.85. The van der Waals surface area contributed by atoms with E-state index in [9.17, 15) is 14.4 Å². The van der Waals surface area contributed by atoms with Gasteiger partial charge in [0.05, 0.1) is 10.8 Å². The number of piperazine rings is 1. The van der Waals surface area contributed by atoms with Crippen LogP contribution in [0.2, 0.25) is 0 Å². The van der Waals surface area contributed by atoms with Crippen molar-refractivity contribution in [1.29, 1.82) is 0 Å². The second kappa shape index (κ2) is 7.85. The molecule has 1 aliphatic heterocycles. The van der Waals surface area contributed by atoms with E-state index in [-0.39, 0.29) is 28.7 Å². The first kappa shape index (κ1) is 22.4. The van der Waals surface area contributed by atoms with Gasteiger partial charge in [-0.05, 0) is 69.8 Å². The van der Waals surface area contributed by atoms with E-state index in [1.807, 2.05) is 54.0 Å². The van der Waals surface area contributed by atoms with E-state index in [0.717, 1.165) is 37.7 Å². The van der Waals surface area contributed by atoms with E-state index in [2.05, 4.69) is 5.32 Å². The Morgan fingerprint density at radius 1 is 0.909 bits per heavy atom. The average Bonchev–Trinajstić information content (AvgIpc) is 2.77. The maximum Gasteiger partial charge on any atom is 0.232 e. The Bertz CT molecular complexity index is 935. The van der Waals surface area contributed by atoms with Gasteiger partial charge in [-0.1, -0.05) is 30.3 Å². The normalized spacial score (nSPS) is 33.2.